The molecule has 0 aromatic rings. The topological polar surface area (TPSA) is 23.5 Å². The van der Waals surface area contributed by atoms with Gasteiger partial charge in [0.15, 0.2) is 0 Å². The quantitative estimate of drug-likeness (QED) is 0.814. The first-order chi connectivity index (χ1) is 10.3. The molecule has 0 spiro atoms. The van der Waals surface area contributed by atoms with E-state index in [9.17, 15) is 5.11 Å². The first kappa shape index (κ1) is 15.8. The molecule has 21 heavy (non-hydrogen) atoms. The number of aliphatic hydroxyl groups is 1. The minimum Gasteiger partial charge on any atom is -0.389 e. The molecule has 0 radical (unpaired) electrons. The molecular weight excluding hydrogens is 258 g/mol. The second kappa shape index (κ2) is 7.46. The maximum atomic E-state index is 11.7. The standard InChI is InChI=1S/C19H35NO/c21-19(17-9-3-1-4-10-17,18-11-5-2-6-12-18)13-16-20-14-7-8-15-20/h17-18,21H,1-16H2. The van der Waals surface area contributed by atoms with Crippen molar-refractivity contribution in [3.63, 3.8) is 0 Å². The van der Waals surface area contributed by atoms with Crippen molar-refractivity contribution in [2.24, 2.45) is 11.8 Å². The summed E-state index contributed by atoms with van der Waals surface area (Å²) in [6, 6.07) is 0. The Morgan fingerprint density at radius 2 is 1.19 bits per heavy atom. The Kier molecular flexibility index (Phi) is 5.61. The second-order valence-electron chi connectivity index (χ2n) is 7.96. The van der Waals surface area contributed by atoms with Gasteiger partial charge < -0.3 is 10.0 Å². The molecule has 2 saturated carbocycles. The predicted molar refractivity (Wildman–Crippen MR) is 88.4 cm³/mol. The molecule has 1 heterocycles. The Labute approximate surface area is 131 Å². The summed E-state index contributed by atoms with van der Waals surface area (Å²) in [4.78, 5) is 2.59. The fourth-order valence-corrected chi connectivity index (χ4v) is 5.29. The first-order valence-corrected chi connectivity index (χ1v) is 9.74. The van der Waals surface area contributed by atoms with Gasteiger partial charge in [0.05, 0.1) is 5.60 Å². The summed E-state index contributed by atoms with van der Waals surface area (Å²) in [7, 11) is 0. The molecule has 0 atom stereocenters. The molecule has 1 saturated heterocycles. The van der Waals surface area contributed by atoms with E-state index in [2.05, 4.69) is 4.90 Å². The third kappa shape index (κ3) is 3.82. The van der Waals surface area contributed by atoms with Crippen molar-refractivity contribution in [1.29, 1.82) is 0 Å². The Bertz CT molecular complexity index is 281. The summed E-state index contributed by atoms with van der Waals surface area (Å²) in [6.45, 7) is 3.68. The number of likely N-dealkylation sites (tertiary alicyclic amines) is 1. The fraction of sp³-hybridized carbons (Fsp3) is 1.00. The zero-order chi connectivity index (χ0) is 14.5. The van der Waals surface area contributed by atoms with E-state index in [1.807, 2.05) is 0 Å². The zero-order valence-electron chi connectivity index (χ0n) is 13.9. The van der Waals surface area contributed by atoms with Crippen molar-refractivity contribution >= 4 is 0 Å². The van der Waals surface area contributed by atoms with Gasteiger partial charge >= 0.3 is 0 Å². The van der Waals surface area contributed by atoms with E-state index >= 15 is 0 Å². The monoisotopic (exact) mass is 293 g/mol. The summed E-state index contributed by atoms with van der Waals surface area (Å²) in [5.74, 6) is 1.19. The van der Waals surface area contributed by atoms with Crippen LogP contribution in [0.1, 0.15) is 83.5 Å². The van der Waals surface area contributed by atoms with E-state index in [-0.39, 0.29) is 5.60 Å². The minimum atomic E-state index is -0.344. The minimum absolute atomic E-state index is 0.344. The molecule has 1 N–H and O–H groups in total. The highest BCUT2D eigenvalue weighted by Gasteiger charge is 2.43. The van der Waals surface area contributed by atoms with Crippen LogP contribution in [0, 0.1) is 11.8 Å². The molecule has 3 aliphatic rings. The Hall–Kier alpha value is -0.0800. The highest BCUT2D eigenvalue weighted by Crippen LogP contribution is 2.44. The summed E-state index contributed by atoms with van der Waals surface area (Å²) in [5.41, 5.74) is -0.344. The number of nitrogens with zero attached hydrogens (tertiary/aromatic N) is 1. The van der Waals surface area contributed by atoms with E-state index in [1.165, 1.54) is 90.1 Å². The smallest absolute Gasteiger partial charge is 0.0716 e. The summed E-state index contributed by atoms with van der Waals surface area (Å²) < 4.78 is 0. The van der Waals surface area contributed by atoms with E-state index in [0.29, 0.717) is 11.8 Å². The van der Waals surface area contributed by atoms with Crippen LogP contribution < -0.4 is 0 Å². The average Bonchev–Trinajstić information content (AvgIpc) is 3.08. The summed E-state index contributed by atoms with van der Waals surface area (Å²) in [6.07, 6.45) is 17.1. The summed E-state index contributed by atoms with van der Waals surface area (Å²) in [5, 5.41) is 11.7. The van der Waals surface area contributed by atoms with E-state index in [4.69, 9.17) is 0 Å². The normalized spacial score (nSPS) is 27.3. The van der Waals surface area contributed by atoms with Gasteiger partial charge in [-0.05, 0) is 69.9 Å². The van der Waals surface area contributed by atoms with Gasteiger partial charge in [-0.25, -0.2) is 0 Å². The van der Waals surface area contributed by atoms with Crippen molar-refractivity contribution in [2.75, 3.05) is 19.6 Å². The number of hydrogen-bond donors (Lipinski definition) is 1. The van der Waals surface area contributed by atoms with Crippen LogP contribution in [0.3, 0.4) is 0 Å². The van der Waals surface area contributed by atoms with Crippen LogP contribution in [0.25, 0.3) is 0 Å². The van der Waals surface area contributed by atoms with E-state index in [0.717, 1.165) is 13.0 Å². The molecule has 0 bridgehead atoms. The lowest BCUT2D eigenvalue weighted by Crippen LogP contribution is -2.48. The second-order valence-corrected chi connectivity index (χ2v) is 7.96. The molecule has 2 aliphatic carbocycles. The fourth-order valence-electron chi connectivity index (χ4n) is 5.29. The third-order valence-electron chi connectivity index (χ3n) is 6.65. The van der Waals surface area contributed by atoms with Gasteiger partial charge in [0.25, 0.3) is 0 Å². The van der Waals surface area contributed by atoms with E-state index < -0.39 is 0 Å². The van der Waals surface area contributed by atoms with Gasteiger partial charge in [-0.2, -0.15) is 0 Å². The van der Waals surface area contributed by atoms with Crippen LogP contribution in [-0.2, 0) is 0 Å². The molecule has 2 heteroatoms. The molecule has 3 rings (SSSR count). The molecule has 2 nitrogen and oxygen atoms in total. The third-order valence-corrected chi connectivity index (χ3v) is 6.65. The lowest BCUT2D eigenvalue weighted by atomic mass is 9.65. The largest absolute Gasteiger partial charge is 0.389 e. The highest BCUT2D eigenvalue weighted by atomic mass is 16.3. The molecule has 0 aromatic heterocycles. The highest BCUT2D eigenvalue weighted by molar-refractivity contribution is 4.95. The van der Waals surface area contributed by atoms with Crippen LogP contribution in [0.4, 0.5) is 0 Å². The molecule has 0 unspecified atom stereocenters. The maximum Gasteiger partial charge on any atom is 0.0716 e. The number of hydrogen-bond acceptors (Lipinski definition) is 2. The van der Waals surface area contributed by atoms with Crippen LogP contribution >= 0.6 is 0 Å². The SMILES string of the molecule is OC(CCN1CCCC1)(C1CCCCC1)C1CCCCC1. The molecule has 122 valence electrons. The molecule has 0 amide bonds. The summed E-state index contributed by atoms with van der Waals surface area (Å²) >= 11 is 0. The average molecular weight is 293 g/mol. The van der Waals surface area contributed by atoms with Gasteiger partial charge in [0.2, 0.25) is 0 Å². The number of rotatable bonds is 5. The molecule has 3 fully saturated rings. The van der Waals surface area contributed by atoms with Crippen LogP contribution in [0.2, 0.25) is 0 Å². The van der Waals surface area contributed by atoms with Crippen molar-refractivity contribution in [1.82, 2.24) is 4.90 Å². The predicted octanol–water partition coefficient (Wildman–Crippen LogP) is 4.36. The van der Waals surface area contributed by atoms with Gasteiger partial charge in [-0.15, -0.1) is 0 Å². The van der Waals surface area contributed by atoms with Crippen molar-refractivity contribution < 1.29 is 5.11 Å². The van der Waals surface area contributed by atoms with Gasteiger partial charge in [0, 0.05) is 6.54 Å². The lowest BCUT2D eigenvalue weighted by Gasteiger charge is -2.46. The Morgan fingerprint density at radius 1 is 0.714 bits per heavy atom. The lowest BCUT2D eigenvalue weighted by molar-refractivity contribution is -0.101. The first-order valence-electron chi connectivity index (χ1n) is 9.74. The van der Waals surface area contributed by atoms with Gasteiger partial charge in [-0.1, -0.05) is 38.5 Å². The molecule has 1 aliphatic heterocycles. The molecular formula is C19H35NO. The van der Waals surface area contributed by atoms with Crippen molar-refractivity contribution in [3.05, 3.63) is 0 Å². The molecule has 0 aromatic carbocycles. The van der Waals surface area contributed by atoms with Crippen LogP contribution in [0.15, 0.2) is 0 Å². The van der Waals surface area contributed by atoms with Crippen molar-refractivity contribution in [2.45, 2.75) is 89.1 Å². The maximum absolute atomic E-state index is 11.7. The van der Waals surface area contributed by atoms with Crippen LogP contribution in [0.5, 0.6) is 0 Å². The van der Waals surface area contributed by atoms with Crippen molar-refractivity contribution in [3.8, 4) is 0 Å². The Balaban J connectivity index is 1.65. The Morgan fingerprint density at radius 3 is 1.67 bits per heavy atom. The van der Waals surface area contributed by atoms with E-state index in [1.54, 1.807) is 0 Å². The zero-order valence-corrected chi connectivity index (χ0v) is 13.9. The van der Waals surface area contributed by atoms with Gasteiger partial charge in [0.1, 0.15) is 0 Å². The van der Waals surface area contributed by atoms with Gasteiger partial charge in [-0.3, -0.25) is 0 Å². The van der Waals surface area contributed by atoms with Crippen LogP contribution in [-0.4, -0.2) is 35.2 Å².